The molecule has 136 valence electrons. The predicted octanol–water partition coefficient (Wildman–Crippen LogP) is 3.43. The number of benzene rings is 1. The van der Waals surface area contributed by atoms with Gasteiger partial charge in [0.2, 0.25) is 0 Å². The molecule has 0 radical (unpaired) electrons. The lowest BCUT2D eigenvalue weighted by molar-refractivity contribution is -0.152. The lowest BCUT2D eigenvalue weighted by Gasteiger charge is -2.40. The van der Waals surface area contributed by atoms with Gasteiger partial charge in [0.1, 0.15) is 0 Å². The van der Waals surface area contributed by atoms with Crippen molar-refractivity contribution in [3.63, 3.8) is 0 Å². The number of piperidine rings is 1. The van der Waals surface area contributed by atoms with Gasteiger partial charge in [-0.3, -0.25) is 4.79 Å². The van der Waals surface area contributed by atoms with Crippen LogP contribution in [0.25, 0.3) is 0 Å². The number of rotatable bonds is 7. The first-order valence-electron chi connectivity index (χ1n) is 8.65. The Kier molecular flexibility index (Phi) is 8.74. The fourth-order valence-electron chi connectivity index (χ4n) is 3.21. The van der Waals surface area contributed by atoms with Gasteiger partial charge in [-0.1, -0.05) is 30.3 Å². The van der Waals surface area contributed by atoms with E-state index in [9.17, 15) is 4.79 Å². The van der Waals surface area contributed by atoms with Gasteiger partial charge in [0.25, 0.3) is 0 Å². The van der Waals surface area contributed by atoms with Crippen molar-refractivity contribution in [2.45, 2.75) is 45.1 Å². The predicted molar refractivity (Wildman–Crippen MR) is 98.8 cm³/mol. The van der Waals surface area contributed by atoms with Crippen molar-refractivity contribution in [1.82, 2.24) is 4.90 Å². The zero-order chi connectivity index (χ0) is 16.7. The van der Waals surface area contributed by atoms with Crippen LogP contribution in [0.4, 0.5) is 0 Å². The second-order valence-electron chi connectivity index (χ2n) is 6.43. The number of carbonyl (C=O) groups is 1. The molecule has 0 aliphatic carbocycles. The van der Waals surface area contributed by atoms with Gasteiger partial charge in [0.15, 0.2) is 0 Å². The summed E-state index contributed by atoms with van der Waals surface area (Å²) in [6.07, 6.45) is 1.87. The fourth-order valence-corrected chi connectivity index (χ4v) is 3.21. The maximum Gasteiger partial charge on any atom is 0.316 e. The third-order valence-electron chi connectivity index (χ3n) is 4.56. The molecule has 4 nitrogen and oxygen atoms in total. The highest BCUT2D eigenvalue weighted by Crippen LogP contribution is 2.36. The summed E-state index contributed by atoms with van der Waals surface area (Å²) in [7, 11) is 0. The van der Waals surface area contributed by atoms with E-state index in [0.29, 0.717) is 6.61 Å². The molecule has 1 aromatic rings. The summed E-state index contributed by atoms with van der Waals surface area (Å²) < 4.78 is 11.0. The highest BCUT2D eigenvalue weighted by atomic mass is 35.5. The number of esters is 1. The lowest BCUT2D eigenvalue weighted by atomic mass is 9.72. The Morgan fingerprint density at radius 2 is 1.83 bits per heavy atom. The molecule has 24 heavy (non-hydrogen) atoms. The van der Waals surface area contributed by atoms with Gasteiger partial charge in [0, 0.05) is 6.54 Å². The van der Waals surface area contributed by atoms with Crippen LogP contribution in [0, 0.1) is 0 Å². The summed E-state index contributed by atoms with van der Waals surface area (Å²) in [6, 6.07) is 10.1. The van der Waals surface area contributed by atoms with Crippen molar-refractivity contribution < 1.29 is 14.3 Å². The Labute approximate surface area is 151 Å². The van der Waals surface area contributed by atoms with Crippen LogP contribution in [-0.4, -0.2) is 49.8 Å². The molecule has 1 saturated heterocycles. The molecule has 1 fully saturated rings. The van der Waals surface area contributed by atoms with Crippen LogP contribution < -0.4 is 0 Å². The summed E-state index contributed by atoms with van der Waals surface area (Å²) in [6.45, 7) is 9.87. The van der Waals surface area contributed by atoms with E-state index in [1.165, 1.54) is 0 Å². The minimum atomic E-state index is -0.493. The van der Waals surface area contributed by atoms with Gasteiger partial charge in [0.05, 0.1) is 24.7 Å². The first-order valence-corrected chi connectivity index (χ1v) is 8.65. The highest BCUT2D eigenvalue weighted by molar-refractivity contribution is 5.85. The van der Waals surface area contributed by atoms with Crippen molar-refractivity contribution >= 4 is 18.4 Å². The zero-order valence-electron chi connectivity index (χ0n) is 15.0. The Bertz CT molecular complexity index is 485. The molecule has 1 aromatic carbocycles. The molecule has 0 saturated carbocycles. The Morgan fingerprint density at radius 1 is 1.21 bits per heavy atom. The third kappa shape index (κ3) is 5.20. The normalized spacial score (nSPS) is 17.3. The lowest BCUT2D eigenvalue weighted by Crippen LogP contribution is -2.48. The minimum absolute atomic E-state index is 0. The topological polar surface area (TPSA) is 38.8 Å². The van der Waals surface area contributed by atoms with Crippen molar-refractivity contribution in [2.75, 3.05) is 32.8 Å². The van der Waals surface area contributed by atoms with Gasteiger partial charge >= 0.3 is 5.97 Å². The van der Waals surface area contributed by atoms with Crippen LogP contribution in [0.1, 0.15) is 39.2 Å². The molecule has 0 spiro atoms. The molecule has 5 heteroatoms. The zero-order valence-corrected chi connectivity index (χ0v) is 15.8. The molecule has 1 aliphatic heterocycles. The summed E-state index contributed by atoms with van der Waals surface area (Å²) in [5, 5.41) is 0. The molecule has 2 rings (SSSR count). The average molecular weight is 356 g/mol. The van der Waals surface area contributed by atoms with E-state index in [-0.39, 0.29) is 24.5 Å². The molecule has 0 bridgehead atoms. The standard InChI is InChI=1S/C19H29NO3.ClH/c1-4-22-18(21)19(17-8-6-5-7-9-17)10-12-20(13-11-19)14-15-23-16(2)3;/h5-9,16H,4,10-15H2,1-3H3;1H. The number of ether oxygens (including phenoxy) is 2. The molecule has 1 heterocycles. The molecule has 0 aromatic heterocycles. The van der Waals surface area contributed by atoms with Crippen molar-refractivity contribution in [3.05, 3.63) is 35.9 Å². The number of hydrogen-bond donors (Lipinski definition) is 0. The van der Waals surface area contributed by atoms with Gasteiger partial charge < -0.3 is 14.4 Å². The van der Waals surface area contributed by atoms with Gasteiger partial charge in [-0.25, -0.2) is 0 Å². The maximum absolute atomic E-state index is 12.7. The van der Waals surface area contributed by atoms with E-state index in [1.807, 2.05) is 25.1 Å². The number of hydrogen-bond acceptors (Lipinski definition) is 4. The van der Waals surface area contributed by atoms with Crippen LogP contribution in [-0.2, 0) is 19.7 Å². The first kappa shape index (κ1) is 20.9. The summed E-state index contributed by atoms with van der Waals surface area (Å²) in [5.74, 6) is -0.0794. The third-order valence-corrected chi connectivity index (χ3v) is 4.56. The SMILES string of the molecule is CCOC(=O)C1(c2ccccc2)CCN(CCOC(C)C)CC1.Cl. The maximum atomic E-state index is 12.7. The Morgan fingerprint density at radius 3 is 2.38 bits per heavy atom. The number of carbonyl (C=O) groups excluding carboxylic acids is 1. The Balaban J connectivity index is 0.00000288. The second kappa shape index (κ2) is 10.0. The fraction of sp³-hybridized carbons (Fsp3) is 0.632. The van der Waals surface area contributed by atoms with Gasteiger partial charge in [-0.15, -0.1) is 12.4 Å². The molecular formula is C19H30ClNO3. The Hall–Kier alpha value is -1.10. The minimum Gasteiger partial charge on any atom is -0.465 e. The average Bonchev–Trinajstić information content (AvgIpc) is 2.56. The van der Waals surface area contributed by atoms with E-state index < -0.39 is 5.41 Å². The number of halogens is 1. The molecule has 0 unspecified atom stereocenters. The van der Waals surface area contributed by atoms with E-state index in [0.717, 1.165) is 44.6 Å². The molecular weight excluding hydrogens is 326 g/mol. The quantitative estimate of drug-likeness (QED) is 0.702. The molecule has 0 N–H and O–H groups in total. The largest absolute Gasteiger partial charge is 0.465 e. The summed E-state index contributed by atoms with van der Waals surface area (Å²) in [4.78, 5) is 15.0. The van der Waals surface area contributed by atoms with E-state index >= 15 is 0 Å². The number of nitrogens with zero attached hydrogens (tertiary/aromatic N) is 1. The smallest absolute Gasteiger partial charge is 0.316 e. The van der Waals surface area contributed by atoms with Crippen molar-refractivity contribution in [3.8, 4) is 0 Å². The monoisotopic (exact) mass is 355 g/mol. The summed E-state index contributed by atoms with van der Waals surface area (Å²) >= 11 is 0. The van der Waals surface area contributed by atoms with E-state index in [2.05, 4.69) is 30.9 Å². The molecule has 0 atom stereocenters. The molecule has 0 amide bonds. The van der Waals surface area contributed by atoms with Crippen LogP contribution >= 0.6 is 12.4 Å². The van der Waals surface area contributed by atoms with Crippen molar-refractivity contribution in [1.29, 1.82) is 0 Å². The van der Waals surface area contributed by atoms with Crippen LogP contribution in [0.15, 0.2) is 30.3 Å². The first-order chi connectivity index (χ1) is 11.1. The van der Waals surface area contributed by atoms with E-state index in [4.69, 9.17) is 9.47 Å². The second-order valence-corrected chi connectivity index (χ2v) is 6.43. The molecule has 1 aliphatic rings. The van der Waals surface area contributed by atoms with Crippen LogP contribution in [0.5, 0.6) is 0 Å². The van der Waals surface area contributed by atoms with Crippen LogP contribution in [0.2, 0.25) is 0 Å². The van der Waals surface area contributed by atoms with Crippen molar-refractivity contribution in [2.24, 2.45) is 0 Å². The highest BCUT2D eigenvalue weighted by Gasteiger charge is 2.43. The van der Waals surface area contributed by atoms with E-state index in [1.54, 1.807) is 0 Å². The number of likely N-dealkylation sites (tertiary alicyclic amines) is 1. The summed E-state index contributed by atoms with van der Waals surface area (Å²) in [5.41, 5.74) is 0.587. The van der Waals surface area contributed by atoms with Crippen LogP contribution in [0.3, 0.4) is 0 Å². The van der Waals surface area contributed by atoms with Gasteiger partial charge in [-0.2, -0.15) is 0 Å². The van der Waals surface area contributed by atoms with Gasteiger partial charge in [-0.05, 0) is 52.3 Å².